The van der Waals surface area contributed by atoms with Gasteiger partial charge >= 0.3 is 0 Å². The van der Waals surface area contributed by atoms with Crippen molar-refractivity contribution in [3.8, 4) is 0 Å². The molecular weight excluding hydrogens is 467 g/mol. The first-order valence-electron chi connectivity index (χ1n) is 9.79. The number of aryl methyl sites for hydroxylation is 1. The van der Waals surface area contributed by atoms with E-state index in [-0.39, 0.29) is 24.0 Å². The average Bonchev–Trinajstić information content (AvgIpc) is 3.31. The molecular formula is C21H31IN4S. The maximum atomic E-state index is 4.87. The molecule has 6 heteroatoms. The summed E-state index contributed by atoms with van der Waals surface area (Å²) < 4.78 is 0. The van der Waals surface area contributed by atoms with Gasteiger partial charge in [0.25, 0.3) is 0 Å². The van der Waals surface area contributed by atoms with Gasteiger partial charge in [0.15, 0.2) is 5.96 Å². The SMILES string of the molecule is CCNC(=NCCc1ncc(CC)s1)N1CCC(Cc2ccccc2)C1.I. The summed E-state index contributed by atoms with van der Waals surface area (Å²) >= 11 is 1.82. The third kappa shape index (κ3) is 6.75. The van der Waals surface area contributed by atoms with Gasteiger partial charge in [0.2, 0.25) is 0 Å². The predicted octanol–water partition coefficient (Wildman–Crippen LogP) is 4.40. The van der Waals surface area contributed by atoms with Gasteiger partial charge in [0.05, 0.1) is 5.01 Å². The van der Waals surface area contributed by atoms with E-state index in [4.69, 9.17) is 4.99 Å². The Morgan fingerprint density at radius 2 is 2.11 bits per heavy atom. The molecule has 1 aromatic heterocycles. The number of nitrogens with one attached hydrogen (secondary N) is 1. The van der Waals surface area contributed by atoms with E-state index < -0.39 is 0 Å². The third-order valence-electron chi connectivity index (χ3n) is 4.82. The topological polar surface area (TPSA) is 40.5 Å². The molecule has 148 valence electrons. The number of hydrogen-bond acceptors (Lipinski definition) is 3. The third-order valence-corrected chi connectivity index (χ3v) is 6.03. The van der Waals surface area contributed by atoms with Gasteiger partial charge in [0, 0.05) is 43.7 Å². The van der Waals surface area contributed by atoms with Crippen LogP contribution in [0.1, 0.15) is 35.7 Å². The molecule has 0 radical (unpaired) electrons. The van der Waals surface area contributed by atoms with Crippen molar-refractivity contribution in [2.24, 2.45) is 10.9 Å². The summed E-state index contributed by atoms with van der Waals surface area (Å²) in [4.78, 5) is 13.2. The van der Waals surface area contributed by atoms with Crippen molar-refractivity contribution < 1.29 is 0 Å². The fourth-order valence-corrected chi connectivity index (χ4v) is 4.30. The molecule has 1 N–H and O–H groups in total. The number of rotatable bonds is 7. The van der Waals surface area contributed by atoms with Gasteiger partial charge < -0.3 is 10.2 Å². The average molecular weight is 498 g/mol. The first-order valence-corrected chi connectivity index (χ1v) is 10.6. The van der Waals surface area contributed by atoms with Crippen LogP contribution in [0.5, 0.6) is 0 Å². The highest BCUT2D eigenvalue weighted by atomic mass is 127. The first-order chi connectivity index (χ1) is 12.8. The number of hydrogen-bond donors (Lipinski definition) is 1. The summed E-state index contributed by atoms with van der Waals surface area (Å²) in [5, 5.41) is 4.67. The van der Waals surface area contributed by atoms with Crippen molar-refractivity contribution in [3.63, 3.8) is 0 Å². The van der Waals surface area contributed by atoms with Gasteiger partial charge in [-0.15, -0.1) is 35.3 Å². The standard InChI is InChI=1S/C21H30N4S.HI/c1-3-19-15-24-20(26-19)10-12-23-21(22-4-2)25-13-11-18(16-25)14-17-8-6-5-7-9-17;/h5-9,15,18H,3-4,10-14,16H2,1-2H3,(H,22,23);1H. The number of likely N-dealkylation sites (tertiary alicyclic amines) is 1. The molecule has 1 saturated heterocycles. The van der Waals surface area contributed by atoms with Gasteiger partial charge in [-0.2, -0.15) is 0 Å². The van der Waals surface area contributed by atoms with Crippen LogP contribution in [-0.2, 0) is 19.3 Å². The molecule has 1 aliphatic heterocycles. The number of halogens is 1. The molecule has 3 rings (SSSR count). The van der Waals surface area contributed by atoms with Crippen LogP contribution in [0.15, 0.2) is 41.5 Å². The van der Waals surface area contributed by atoms with Crippen molar-refractivity contribution in [1.82, 2.24) is 15.2 Å². The van der Waals surface area contributed by atoms with Crippen molar-refractivity contribution in [1.29, 1.82) is 0 Å². The number of aromatic nitrogens is 1. The van der Waals surface area contributed by atoms with Gasteiger partial charge in [-0.3, -0.25) is 4.99 Å². The van der Waals surface area contributed by atoms with Gasteiger partial charge in [-0.25, -0.2) is 4.98 Å². The second kappa shape index (κ2) is 11.6. The summed E-state index contributed by atoms with van der Waals surface area (Å²) in [6.07, 6.45) is 6.41. The van der Waals surface area contributed by atoms with E-state index in [0.29, 0.717) is 5.92 Å². The Morgan fingerprint density at radius 1 is 1.30 bits per heavy atom. The molecule has 0 saturated carbocycles. The Morgan fingerprint density at radius 3 is 2.81 bits per heavy atom. The van der Waals surface area contributed by atoms with Gasteiger partial charge in [-0.1, -0.05) is 37.3 Å². The smallest absolute Gasteiger partial charge is 0.193 e. The van der Waals surface area contributed by atoms with E-state index in [9.17, 15) is 0 Å². The van der Waals surface area contributed by atoms with Crippen LogP contribution in [0.3, 0.4) is 0 Å². The molecule has 0 spiro atoms. The molecule has 1 fully saturated rings. The summed E-state index contributed by atoms with van der Waals surface area (Å²) in [6, 6.07) is 10.8. The summed E-state index contributed by atoms with van der Waals surface area (Å²) in [5.74, 6) is 1.78. The lowest BCUT2D eigenvalue weighted by molar-refractivity contribution is 0.460. The van der Waals surface area contributed by atoms with Crippen LogP contribution >= 0.6 is 35.3 Å². The van der Waals surface area contributed by atoms with E-state index in [0.717, 1.165) is 51.4 Å². The van der Waals surface area contributed by atoms with Crippen LogP contribution in [-0.4, -0.2) is 42.0 Å². The number of thiazole rings is 1. The lowest BCUT2D eigenvalue weighted by Crippen LogP contribution is -2.40. The van der Waals surface area contributed by atoms with E-state index in [1.54, 1.807) is 0 Å². The van der Waals surface area contributed by atoms with Crippen LogP contribution in [0, 0.1) is 5.92 Å². The molecule has 27 heavy (non-hydrogen) atoms. The van der Waals surface area contributed by atoms with E-state index in [1.807, 2.05) is 17.5 Å². The van der Waals surface area contributed by atoms with Crippen LogP contribution < -0.4 is 5.32 Å². The maximum absolute atomic E-state index is 4.87. The molecule has 4 nitrogen and oxygen atoms in total. The van der Waals surface area contributed by atoms with E-state index >= 15 is 0 Å². The highest BCUT2D eigenvalue weighted by molar-refractivity contribution is 14.0. The Hall–Kier alpha value is -1.15. The van der Waals surface area contributed by atoms with E-state index in [1.165, 1.54) is 21.9 Å². The molecule has 1 aromatic carbocycles. The quantitative estimate of drug-likeness (QED) is 0.350. The van der Waals surface area contributed by atoms with Crippen molar-refractivity contribution in [2.75, 3.05) is 26.2 Å². The number of nitrogens with zero attached hydrogens (tertiary/aromatic N) is 3. The number of benzene rings is 1. The molecule has 1 unspecified atom stereocenters. The maximum Gasteiger partial charge on any atom is 0.193 e. The molecule has 1 atom stereocenters. The monoisotopic (exact) mass is 498 g/mol. The fourth-order valence-electron chi connectivity index (χ4n) is 3.45. The van der Waals surface area contributed by atoms with Gasteiger partial charge in [0.1, 0.15) is 0 Å². The minimum absolute atomic E-state index is 0. The molecule has 2 aromatic rings. The summed E-state index contributed by atoms with van der Waals surface area (Å²) in [7, 11) is 0. The molecule has 1 aliphatic rings. The molecule has 0 amide bonds. The lowest BCUT2D eigenvalue weighted by Gasteiger charge is -2.21. The second-order valence-corrected chi connectivity index (χ2v) is 8.05. The normalized spacial score (nSPS) is 17.0. The predicted molar refractivity (Wildman–Crippen MR) is 126 cm³/mol. The van der Waals surface area contributed by atoms with Crippen LogP contribution in [0.25, 0.3) is 0 Å². The minimum atomic E-state index is 0. The van der Waals surface area contributed by atoms with Crippen LogP contribution in [0.2, 0.25) is 0 Å². The second-order valence-electron chi connectivity index (χ2n) is 6.85. The zero-order valence-electron chi connectivity index (χ0n) is 16.4. The van der Waals surface area contributed by atoms with Gasteiger partial charge in [-0.05, 0) is 37.7 Å². The zero-order chi connectivity index (χ0) is 18.2. The largest absolute Gasteiger partial charge is 0.357 e. The van der Waals surface area contributed by atoms with Crippen molar-refractivity contribution >= 4 is 41.3 Å². The Balaban J connectivity index is 0.00000261. The highest BCUT2D eigenvalue weighted by Crippen LogP contribution is 2.21. The number of aliphatic imine (C=N–C) groups is 1. The molecule has 2 heterocycles. The van der Waals surface area contributed by atoms with Crippen molar-refractivity contribution in [2.45, 2.75) is 39.5 Å². The Kier molecular flexibility index (Phi) is 9.54. The van der Waals surface area contributed by atoms with Crippen LogP contribution in [0.4, 0.5) is 0 Å². The summed E-state index contributed by atoms with van der Waals surface area (Å²) in [5.41, 5.74) is 1.44. The van der Waals surface area contributed by atoms with E-state index in [2.05, 4.69) is 59.4 Å². The summed E-state index contributed by atoms with van der Waals surface area (Å²) in [6.45, 7) is 8.23. The van der Waals surface area contributed by atoms with Crippen molar-refractivity contribution in [3.05, 3.63) is 52.0 Å². The molecule has 0 bridgehead atoms. The minimum Gasteiger partial charge on any atom is -0.357 e. The fraction of sp³-hybridized carbons (Fsp3) is 0.524. The number of guanidine groups is 1. The first kappa shape index (κ1) is 22.1. The lowest BCUT2D eigenvalue weighted by atomic mass is 9.99. The molecule has 0 aliphatic carbocycles. The zero-order valence-corrected chi connectivity index (χ0v) is 19.5. The highest BCUT2D eigenvalue weighted by Gasteiger charge is 2.24. The Labute approximate surface area is 184 Å². The Bertz CT molecular complexity index is 701.